The molecule has 7 heteroatoms. The second-order valence-corrected chi connectivity index (χ2v) is 5.60. The van der Waals surface area contributed by atoms with E-state index in [0.717, 1.165) is 6.07 Å². The molecule has 3 rings (SSSR count). The van der Waals surface area contributed by atoms with Crippen LogP contribution >= 0.6 is 11.6 Å². The van der Waals surface area contributed by atoms with Crippen molar-refractivity contribution >= 4 is 29.3 Å². The van der Waals surface area contributed by atoms with Crippen molar-refractivity contribution in [3.63, 3.8) is 0 Å². The fourth-order valence-electron chi connectivity index (χ4n) is 2.33. The van der Waals surface area contributed by atoms with E-state index in [0.29, 0.717) is 41.7 Å². The summed E-state index contributed by atoms with van der Waals surface area (Å²) in [6.07, 6.45) is 2.94. The van der Waals surface area contributed by atoms with Crippen LogP contribution in [0.3, 0.4) is 0 Å². The molecule has 25 heavy (non-hydrogen) atoms. The Morgan fingerprint density at radius 3 is 2.84 bits per heavy atom. The molecule has 0 radical (unpaired) electrons. The largest absolute Gasteiger partial charge is 0.493 e. The molecule has 0 saturated heterocycles. The molecule has 0 atom stereocenters. The van der Waals surface area contributed by atoms with Crippen LogP contribution in [0.25, 0.3) is 6.08 Å². The minimum absolute atomic E-state index is 0.128. The lowest BCUT2D eigenvalue weighted by Crippen LogP contribution is -2.16. The summed E-state index contributed by atoms with van der Waals surface area (Å²) in [6, 6.07) is 7.24. The van der Waals surface area contributed by atoms with Crippen LogP contribution in [0.1, 0.15) is 5.56 Å². The van der Waals surface area contributed by atoms with Gasteiger partial charge in [0.2, 0.25) is 11.7 Å². The van der Waals surface area contributed by atoms with Gasteiger partial charge in [-0.15, -0.1) is 0 Å². The van der Waals surface area contributed by atoms with Crippen LogP contribution in [-0.4, -0.2) is 26.2 Å². The summed E-state index contributed by atoms with van der Waals surface area (Å²) in [7, 11) is 1.53. The molecule has 0 spiro atoms. The molecule has 0 aliphatic carbocycles. The van der Waals surface area contributed by atoms with E-state index in [-0.39, 0.29) is 5.02 Å². The zero-order valence-electron chi connectivity index (χ0n) is 13.3. The maximum Gasteiger partial charge on any atom is 0.248 e. The number of fused-ring (bicyclic) bond motifs is 1. The summed E-state index contributed by atoms with van der Waals surface area (Å²) in [4.78, 5) is 12.0. The molecule has 0 bridgehead atoms. The second-order valence-electron chi connectivity index (χ2n) is 5.19. The molecular formula is C18H15ClFNO4. The Bertz CT molecular complexity index is 821. The predicted molar refractivity (Wildman–Crippen MR) is 93.1 cm³/mol. The smallest absolute Gasteiger partial charge is 0.248 e. The number of benzene rings is 2. The Morgan fingerprint density at radius 1 is 1.28 bits per heavy atom. The van der Waals surface area contributed by atoms with Crippen LogP contribution in [0, 0.1) is 5.82 Å². The molecule has 0 fully saturated rings. The number of nitrogens with one attached hydrogen (secondary N) is 1. The molecule has 1 aliphatic heterocycles. The molecule has 130 valence electrons. The van der Waals surface area contributed by atoms with Gasteiger partial charge < -0.3 is 19.5 Å². The summed E-state index contributed by atoms with van der Waals surface area (Å²) in [5, 5.41) is 2.71. The van der Waals surface area contributed by atoms with Crippen molar-refractivity contribution in [2.45, 2.75) is 0 Å². The van der Waals surface area contributed by atoms with Gasteiger partial charge >= 0.3 is 0 Å². The van der Waals surface area contributed by atoms with Gasteiger partial charge in [-0.05, 0) is 42.0 Å². The van der Waals surface area contributed by atoms with Crippen molar-refractivity contribution in [2.75, 3.05) is 25.6 Å². The van der Waals surface area contributed by atoms with Crippen LogP contribution < -0.4 is 19.5 Å². The number of methoxy groups -OCH3 is 1. The molecule has 1 amide bonds. The first-order chi connectivity index (χ1) is 12.1. The first-order valence-corrected chi connectivity index (χ1v) is 7.86. The fraction of sp³-hybridized carbons (Fsp3) is 0.167. The molecule has 1 heterocycles. The highest BCUT2D eigenvalue weighted by Crippen LogP contribution is 2.40. The van der Waals surface area contributed by atoms with Crippen molar-refractivity contribution in [1.82, 2.24) is 0 Å². The number of halogens is 2. The summed E-state index contributed by atoms with van der Waals surface area (Å²) < 4.78 is 29.4. The third-order valence-electron chi connectivity index (χ3n) is 3.47. The summed E-state index contributed by atoms with van der Waals surface area (Å²) in [5.74, 6) is 0.767. The van der Waals surface area contributed by atoms with E-state index < -0.39 is 11.7 Å². The van der Waals surface area contributed by atoms with E-state index in [2.05, 4.69) is 5.32 Å². The minimum Gasteiger partial charge on any atom is -0.493 e. The first kappa shape index (κ1) is 17.1. The van der Waals surface area contributed by atoms with Crippen molar-refractivity contribution in [2.24, 2.45) is 0 Å². The number of hydrogen-bond donors (Lipinski definition) is 1. The van der Waals surface area contributed by atoms with Gasteiger partial charge in [0.25, 0.3) is 0 Å². The fourth-order valence-corrected chi connectivity index (χ4v) is 2.54. The average Bonchev–Trinajstić information content (AvgIpc) is 2.61. The molecule has 5 nitrogen and oxygen atoms in total. The van der Waals surface area contributed by atoms with Gasteiger partial charge in [-0.3, -0.25) is 4.79 Å². The zero-order chi connectivity index (χ0) is 17.8. The van der Waals surface area contributed by atoms with E-state index in [4.69, 9.17) is 25.8 Å². The SMILES string of the molecule is COc1cc(C=CC(=O)Nc2ccc(F)cc2Cl)cc2c1OCCO2. The van der Waals surface area contributed by atoms with Gasteiger partial charge in [0.1, 0.15) is 19.0 Å². The maximum atomic E-state index is 13.0. The molecule has 2 aromatic rings. The summed E-state index contributed by atoms with van der Waals surface area (Å²) in [5.41, 5.74) is 1.04. The minimum atomic E-state index is -0.470. The molecule has 0 saturated carbocycles. The lowest BCUT2D eigenvalue weighted by Gasteiger charge is -2.20. The Morgan fingerprint density at radius 2 is 2.08 bits per heavy atom. The number of carbonyl (C=O) groups is 1. The number of carbonyl (C=O) groups excluding carboxylic acids is 1. The molecule has 0 unspecified atom stereocenters. The Labute approximate surface area is 149 Å². The first-order valence-electron chi connectivity index (χ1n) is 7.48. The third-order valence-corrected chi connectivity index (χ3v) is 3.78. The van der Waals surface area contributed by atoms with Crippen LogP contribution in [0.15, 0.2) is 36.4 Å². The monoisotopic (exact) mass is 363 g/mol. The molecule has 0 aromatic heterocycles. The van der Waals surface area contributed by atoms with E-state index in [1.165, 1.54) is 25.3 Å². The standard InChI is InChI=1S/C18H15ClFNO4/c1-23-15-8-11(9-16-18(15)25-7-6-24-16)2-5-17(22)21-14-4-3-12(20)10-13(14)19/h2-5,8-10H,6-7H2,1H3,(H,21,22). The van der Waals surface area contributed by atoms with Gasteiger partial charge in [0, 0.05) is 6.08 Å². The zero-order valence-corrected chi connectivity index (χ0v) is 14.1. The van der Waals surface area contributed by atoms with Crippen LogP contribution in [0.4, 0.5) is 10.1 Å². The van der Waals surface area contributed by atoms with Crippen molar-refractivity contribution in [3.05, 3.63) is 52.8 Å². The van der Waals surface area contributed by atoms with E-state index >= 15 is 0 Å². The van der Waals surface area contributed by atoms with Gasteiger partial charge in [-0.25, -0.2) is 4.39 Å². The molecular weight excluding hydrogens is 349 g/mol. The van der Waals surface area contributed by atoms with E-state index in [1.54, 1.807) is 18.2 Å². The van der Waals surface area contributed by atoms with Gasteiger partial charge in [-0.2, -0.15) is 0 Å². The number of rotatable bonds is 4. The third kappa shape index (κ3) is 4.03. The van der Waals surface area contributed by atoms with Gasteiger partial charge in [-0.1, -0.05) is 11.6 Å². The Hall–Kier alpha value is -2.73. The Kier molecular flexibility index (Phi) is 5.09. The highest BCUT2D eigenvalue weighted by atomic mass is 35.5. The van der Waals surface area contributed by atoms with Gasteiger partial charge in [0.05, 0.1) is 17.8 Å². The number of hydrogen-bond acceptors (Lipinski definition) is 4. The maximum absolute atomic E-state index is 13.0. The number of ether oxygens (including phenoxy) is 3. The molecule has 1 aliphatic rings. The summed E-state index contributed by atoms with van der Waals surface area (Å²) >= 11 is 5.88. The lowest BCUT2D eigenvalue weighted by molar-refractivity contribution is -0.111. The molecule has 1 N–H and O–H groups in total. The van der Waals surface area contributed by atoms with Crippen molar-refractivity contribution in [3.8, 4) is 17.2 Å². The number of anilines is 1. The number of amides is 1. The van der Waals surface area contributed by atoms with Crippen LogP contribution in [0.5, 0.6) is 17.2 Å². The lowest BCUT2D eigenvalue weighted by atomic mass is 10.1. The highest BCUT2D eigenvalue weighted by Gasteiger charge is 2.17. The summed E-state index contributed by atoms with van der Waals surface area (Å²) in [6.45, 7) is 0.909. The van der Waals surface area contributed by atoms with Crippen LogP contribution in [-0.2, 0) is 4.79 Å². The van der Waals surface area contributed by atoms with E-state index in [1.807, 2.05) is 0 Å². The quantitative estimate of drug-likeness (QED) is 0.837. The van der Waals surface area contributed by atoms with Gasteiger partial charge in [0.15, 0.2) is 11.5 Å². The Balaban J connectivity index is 1.76. The molecule has 2 aromatic carbocycles. The van der Waals surface area contributed by atoms with Crippen molar-refractivity contribution < 1.29 is 23.4 Å². The van der Waals surface area contributed by atoms with Crippen LogP contribution in [0.2, 0.25) is 5.02 Å². The predicted octanol–water partition coefficient (Wildman–Crippen LogP) is 3.91. The van der Waals surface area contributed by atoms with Crippen molar-refractivity contribution in [1.29, 1.82) is 0 Å². The normalized spacial score (nSPS) is 12.9. The topological polar surface area (TPSA) is 56.8 Å². The second kappa shape index (κ2) is 7.44. The highest BCUT2D eigenvalue weighted by molar-refractivity contribution is 6.33. The average molecular weight is 364 g/mol. The van der Waals surface area contributed by atoms with E-state index in [9.17, 15) is 9.18 Å².